The molecule has 0 radical (unpaired) electrons. The van der Waals surface area contributed by atoms with Gasteiger partial charge in [-0.3, -0.25) is 10.3 Å². The molecule has 0 aromatic heterocycles. The van der Waals surface area contributed by atoms with Gasteiger partial charge in [0.25, 0.3) is 0 Å². The summed E-state index contributed by atoms with van der Waals surface area (Å²) >= 11 is 0. The van der Waals surface area contributed by atoms with Crippen molar-refractivity contribution in [2.24, 2.45) is 5.92 Å². The molecule has 2 aliphatic heterocycles. The van der Waals surface area contributed by atoms with Gasteiger partial charge in [-0.2, -0.15) is 0 Å². The highest BCUT2D eigenvalue weighted by Gasteiger charge is 2.34. The molecule has 3 aliphatic rings. The highest BCUT2D eigenvalue weighted by molar-refractivity contribution is 5.83. The Kier molecular flexibility index (Phi) is 2.43. The summed E-state index contributed by atoms with van der Waals surface area (Å²) in [5, 5.41) is 8.16. The van der Waals surface area contributed by atoms with E-state index < -0.39 is 0 Å². The smallest absolute Gasteiger partial charge is 0.0990 e. The van der Waals surface area contributed by atoms with Crippen molar-refractivity contribution in [1.29, 1.82) is 5.41 Å². The number of hydrogen-bond donors (Lipinski definition) is 1. The molecule has 0 aromatic carbocycles. The first-order valence-electron chi connectivity index (χ1n) is 6.42. The fraction of sp³-hybridized carbons (Fsp3) is 0.917. The van der Waals surface area contributed by atoms with Crippen LogP contribution in [0.1, 0.15) is 32.1 Å². The van der Waals surface area contributed by atoms with Gasteiger partial charge >= 0.3 is 0 Å². The van der Waals surface area contributed by atoms with Crippen molar-refractivity contribution in [2.75, 3.05) is 26.2 Å². The standard InChI is InChI=1S/C12H21N3/c13-12(10-4-5-10)15-8-2-7-14-6-1-3-11(14)9-15/h10-11,13H,1-9H2. The molecule has 1 saturated carbocycles. The van der Waals surface area contributed by atoms with Gasteiger partial charge in [0.2, 0.25) is 0 Å². The molecule has 1 atom stereocenters. The third kappa shape index (κ3) is 1.89. The zero-order valence-corrected chi connectivity index (χ0v) is 9.41. The van der Waals surface area contributed by atoms with E-state index in [0.717, 1.165) is 25.0 Å². The first kappa shape index (κ1) is 9.64. The van der Waals surface area contributed by atoms with E-state index in [0.29, 0.717) is 5.92 Å². The molecule has 3 rings (SSSR count). The number of amidine groups is 1. The zero-order valence-electron chi connectivity index (χ0n) is 9.41. The summed E-state index contributed by atoms with van der Waals surface area (Å²) in [4.78, 5) is 5.01. The van der Waals surface area contributed by atoms with E-state index >= 15 is 0 Å². The maximum Gasteiger partial charge on any atom is 0.0990 e. The van der Waals surface area contributed by atoms with Crippen molar-refractivity contribution >= 4 is 5.84 Å². The third-order valence-corrected chi connectivity index (χ3v) is 4.11. The molecule has 1 N–H and O–H groups in total. The van der Waals surface area contributed by atoms with Crippen molar-refractivity contribution in [2.45, 2.75) is 38.1 Å². The molecule has 15 heavy (non-hydrogen) atoms. The van der Waals surface area contributed by atoms with Crippen LogP contribution in [0.15, 0.2) is 0 Å². The lowest BCUT2D eigenvalue weighted by molar-refractivity contribution is 0.254. The number of hydrogen-bond acceptors (Lipinski definition) is 2. The molecule has 2 saturated heterocycles. The minimum atomic E-state index is 0.623. The second-order valence-electron chi connectivity index (χ2n) is 5.29. The van der Waals surface area contributed by atoms with E-state index in [-0.39, 0.29) is 0 Å². The van der Waals surface area contributed by atoms with Gasteiger partial charge in [-0.15, -0.1) is 0 Å². The van der Waals surface area contributed by atoms with Crippen LogP contribution in [0.5, 0.6) is 0 Å². The van der Waals surface area contributed by atoms with Gasteiger partial charge in [0.15, 0.2) is 0 Å². The topological polar surface area (TPSA) is 30.3 Å². The average Bonchev–Trinajstić information content (AvgIpc) is 3.03. The van der Waals surface area contributed by atoms with Crippen LogP contribution < -0.4 is 0 Å². The Hall–Kier alpha value is -0.570. The molecule has 0 amide bonds. The SMILES string of the molecule is N=C(C1CC1)N1CCCN2CCCC2C1. The van der Waals surface area contributed by atoms with Gasteiger partial charge in [-0.05, 0) is 38.6 Å². The number of nitrogens with zero attached hydrogens (tertiary/aromatic N) is 2. The van der Waals surface area contributed by atoms with Gasteiger partial charge in [-0.1, -0.05) is 0 Å². The zero-order chi connectivity index (χ0) is 10.3. The molecule has 3 nitrogen and oxygen atoms in total. The van der Waals surface area contributed by atoms with E-state index in [1.54, 1.807) is 0 Å². The van der Waals surface area contributed by atoms with Crippen molar-refractivity contribution in [3.63, 3.8) is 0 Å². The van der Waals surface area contributed by atoms with Gasteiger partial charge in [0, 0.05) is 31.6 Å². The van der Waals surface area contributed by atoms with E-state index in [9.17, 15) is 0 Å². The molecule has 1 unspecified atom stereocenters. The summed E-state index contributed by atoms with van der Waals surface area (Å²) < 4.78 is 0. The lowest BCUT2D eigenvalue weighted by atomic mass is 10.2. The van der Waals surface area contributed by atoms with Crippen LogP contribution >= 0.6 is 0 Å². The Morgan fingerprint density at radius 3 is 2.60 bits per heavy atom. The maximum atomic E-state index is 8.16. The van der Waals surface area contributed by atoms with Crippen LogP contribution in [0.3, 0.4) is 0 Å². The van der Waals surface area contributed by atoms with Crippen molar-refractivity contribution in [3.8, 4) is 0 Å². The maximum absolute atomic E-state index is 8.16. The first-order valence-corrected chi connectivity index (χ1v) is 6.42. The lowest BCUT2D eigenvalue weighted by Gasteiger charge is -2.27. The van der Waals surface area contributed by atoms with Crippen LogP contribution in [-0.2, 0) is 0 Å². The summed E-state index contributed by atoms with van der Waals surface area (Å²) in [6.07, 6.45) is 6.52. The Morgan fingerprint density at radius 2 is 1.80 bits per heavy atom. The monoisotopic (exact) mass is 207 g/mol. The number of nitrogens with one attached hydrogen (secondary N) is 1. The Morgan fingerprint density at radius 1 is 1.00 bits per heavy atom. The van der Waals surface area contributed by atoms with Gasteiger partial charge < -0.3 is 4.90 Å². The highest BCUT2D eigenvalue weighted by Crippen LogP contribution is 2.32. The van der Waals surface area contributed by atoms with Crippen LogP contribution in [0, 0.1) is 11.3 Å². The number of rotatable bonds is 1. The molecule has 0 bridgehead atoms. The summed E-state index contributed by atoms with van der Waals surface area (Å²) in [6, 6.07) is 0.756. The molecular formula is C12H21N3. The van der Waals surface area contributed by atoms with E-state index in [4.69, 9.17) is 5.41 Å². The lowest BCUT2D eigenvalue weighted by Crippen LogP contribution is -2.40. The minimum Gasteiger partial charge on any atom is -0.359 e. The molecular weight excluding hydrogens is 186 g/mol. The molecule has 3 fully saturated rings. The second kappa shape index (κ2) is 3.78. The van der Waals surface area contributed by atoms with E-state index in [2.05, 4.69) is 9.80 Å². The van der Waals surface area contributed by atoms with Crippen LogP contribution in [0.25, 0.3) is 0 Å². The molecule has 3 heteroatoms. The fourth-order valence-corrected chi connectivity index (χ4v) is 3.04. The normalized spacial score (nSPS) is 32.5. The Labute approximate surface area is 91.9 Å². The molecule has 1 aliphatic carbocycles. The summed E-state index contributed by atoms with van der Waals surface area (Å²) in [5.74, 6) is 1.57. The molecule has 2 heterocycles. The van der Waals surface area contributed by atoms with Gasteiger partial charge in [0.05, 0.1) is 5.84 Å². The minimum absolute atomic E-state index is 0.623. The Bertz CT molecular complexity index is 260. The van der Waals surface area contributed by atoms with Crippen molar-refractivity contribution in [1.82, 2.24) is 9.80 Å². The van der Waals surface area contributed by atoms with Gasteiger partial charge in [-0.25, -0.2) is 0 Å². The highest BCUT2D eigenvalue weighted by atomic mass is 15.3. The first-order chi connectivity index (χ1) is 7.34. The van der Waals surface area contributed by atoms with Crippen LogP contribution in [-0.4, -0.2) is 47.9 Å². The largest absolute Gasteiger partial charge is 0.359 e. The summed E-state index contributed by atoms with van der Waals surface area (Å²) in [6.45, 7) is 4.83. The predicted octanol–water partition coefficient (Wildman–Crippen LogP) is 1.54. The number of fused-ring (bicyclic) bond motifs is 1. The van der Waals surface area contributed by atoms with E-state index in [1.807, 2.05) is 0 Å². The molecule has 0 aromatic rings. The van der Waals surface area contributed by atoms with Gasteiger partial charge in [0.1, 0.15) is 0 Å². The Balaban J connectivity index is 1.66. The van der Waals surface area contributed by atoms with E-state index in [1.165, 1.54) is 45.2 Å². The molecule has 84 valence electrons. The van der Waals surface area contributed by atoms with Crippen molar-refractivity contribution in [3.05, 3.63) is 0 Å². The quantitative estimate of drug-likeness (QED) is 0.522. The average molecular weight is 207 g/mol. The second-order valence-corrected chi connectivity index (χ2v) is 5.29. The van der Waals surface area contributed by atoms with Crippen molar-refractivity contribution < 1.29 is 0 Å². The predicted molar refractivity (Wildman–Crippen MR) is 61.2 cm³/mol. The third-order valence-electron chi connectivity index (χ3n) is 4.11. The fourth-order valence-electron chi connectivity index (χ4n) is 3.04. The van der Waals surface area contributed by atoms with Crippen LogP contribution in [0.2, 0.25) is 0 Å². The molecule has 0 spiro atoms. The summed E-state index contributed by atoms with van der Waals surface area (Å²) in [5.41, 5.74) is 0. The van der Waals surface area contributed by atoms with Crippen LogP contribution in [0.4, 0.5) is 0 Å². The summed E-state index contributed by atoms with van der Waals surface area (Å²) in [7, 11) is 0.